The van der Waals surface area contributed by atoms with E-state index >= 15 is 0 Å². The first-order valence-corrected chi connectivity index (χ1v) is 5.74. The molecule has 7 heteroatoms. The highest BCUT2D eigenvalue weighted by Gasteiger charge is 2.38. The average molecular weight is 284 g/mol. The molecule has 0 radical (unpaired) electrons. The van der Waals surface area contributed by atoms with Gasteiger partial charge in [-0.05, 0) is 18.2 Å². The maximum absolute atomic E-state index is 12.6. The van der Waals surface area contributed by atoms with Crippen LogP contribution in [0.25, 0.3) is 0 Å². The zero-order valence-electron chi connectivity index (χ0n) is 10.4. The van der Waals surface area contributed by atoms with Crippen molar-refractivity contribution >= 4 is 17.6 Å². The van der Waals surface area contributed by atoms with E-state index in [0.717, 1.165) is 23.1 Å². The molecule has 4 nitrogen and oxygen atoms in total. The normalized spacial score (nSPS) is 15.9. The minimum atomic E-state index is -4.53. The fourth-order valence-electron chi connectivity index (χ4n) is 1.92. The number of alkyl halides is 3. The number of amides is 3. The van der Waals surface area contributed by atoms with E-state index in [4.69, 9.17) is 0 Å². The van der Waals surface area contributed by atoms with Gasteiger partial charge in [-0.1, -0.05) is 12.1 Å². The third kappa shape index (κ3) is 2.52. The summed E-state index contributed by atoms with van der Waals surface area (Å²) in [5.41, 5.74) is -0.987. The van der Waals surface area contributed by atoms with Crippen molar-refractivity contribution in [2.75, 3.05) is 18.0 Å². The predicted molar refractivity (Wildman–Crippen MR) is 66.1 cm³/mol. The summed E-state index contributed by atoms with van der Waals surface area (Å²) >= 11 is 0. The van der Waals surface area contributed by atoms with E-state index in [1.165, 1.54) is 17.0 Å². The monoisotopic (exact) mass is 284 g/mol. The molecule has 0 bridgehead atoms. The molecule has 0 atom stereocenters. The lowest BCUT2D eigenvalue weighted by atomic mass is 10.2. The van der Waals surface area contributed by atoms with Crippen LogP contribution in [0.1, 0.15) is 5.56 Å². The second kappa shape index (κ2) is 4.99. The summed E-state index contributed by atoms with van der Waals surface area (Å²) in [6.07, 6.45) is -3.08. The van der Waals surface area contributed by atoms with E-state index in [0.29, 0.717) is 0 Å². The molecule has 0 spiro atoms. The molecule has 1 aliphatic rings. The van der Waals surface area contributed by atoms with Crippen LogP contribution in [-0.2, 0) is 11.0 Å². The molecule has 1 fully saturated rings. The summed E-state index contributed by atoms with van der Waals surface area (Å²) in [7, 11) is 0. The van der Waals surface area contributed by atoms with Gasteiger partial charge < -0.3 is 4.90 Å². The van der Waals surface area contributed by atoms with E-state index in [-0.39, 0.29) is 18.8 Å². The van der Waals surface area contributed by atoms with Crippen LogP contribution in [0.4, 0.5) is 23.7 Å². The highest BCUT2D eigenvalue weighted by Crippen LogP contribution is 2.32. The number of urea groups is 1. The molecule has 0 aliphatic carbocycles. The lowest BCUT2D eigenvalue weighted by molar-refractivity contribution is -0.137. The average Bonchev–Trinajstić information content (AvgIpc) is 2.64. The Kier molecular flexibility index (Phi) is 3.52. The van der Waals surface area contributed by atoms with E-state index in [2.05, 4.69) is 6.58 Å². The zero-order chi connectivity index (χ0) is 14.9. The van der Waals surface area contributed by atoms with E-state index in [1.54, 1.807) is 0 Å². The van der Waals surface area contributed by atoms with Gasteiger partial charge in [0.05, 0.1) is 11.3 Å². The standard InChI is InChI=1S/C13H11F3N2O2/c1-2-6-17-8-11(19)18(12(17)20)10-5-3-4-9(7-10)13(14,15)16/h2-5,7H,1,6,8H2. The number of carbonyl (C=O) groups excluding carboxylic acids is 2. The molecule has 0 N–H and O–H groups in total. The van der Waals surface area contributed by atoms with Crippen molar-refractivity contribution in [2.45, 2.75) is 6.18 Å². The van der Waals surface area contributed by atoms with Crippen molar-refractivity contribution in [3.8, 4) is 0 Å². The number of hydrogen-bond donors (Lipinski definition) is 0. The van der Waals surface area contributed by atoms with Crippen LogP contribution in [0.3, 0.4) is 0 Å². The lowest BCUT2D eigenvalue weighted by Crippen LogP contribution is -2.33. The molecule has 0 aromatic heterocycles. The second-order valence-corrected chi connectivity index (χ2v) is 4.23. The minimum Gasteiger partial charge on any atom is -0.311 e. The van der Waals surface area contributed by atoms with Crippen molar-refractivity contribution < 1.29 is 22.8 Å². The van der Waals surface area contributed by atoms with Crippen LogP contribution in [0.15, 0.2) is 36.9 Å². The highest BCUT2D eigenvalue weighted by atomic mass is 19.4. The predicted octanol–water partition coefficient (Wildman–Crippen LogP) is 2.66. The number of hydrogen-bond acceptors (Lipinski definition) is 2. The number of carbonyl (C=O) groups is 2. The highest BCUT2D eigenvalue weighted by molar-refractivity contribution is 6.19. The first-order valence-electron chi connectivity index (χ1n) is 5.74. The topological polar surface area (TPSA) is 40.6 Å². The van der Waals surface area contributed by atoms with Crippen LogP contribution >= 0.6 is 0 Å². The fourth-order valence-corrected chi connectivity index (χ4v) is 1.92. The molecule has 1 heterocycles. The largest absolute Gasteiger partial charge is 0.416 e. The molecule has 1 aromatic rings. The first-order chi connectivity index (χ1) is 9.34. The number of benzene rings is 1. The molecule has 20 heavy (non-hydrogen) atoms. The lowest BCUT2D eigenvalue weighted by Gasteiger charge is -2.17. The second-order valence-electron chi connectivity index (χ2n) is 4.23. The van der Waals surface area contributed by atoms with Gasteiger partial charge in [0, 0.05) is 6.54 Å². The molecule has 1 aromatic carbocycles. The molecular weight excluding hydrogens is 273 g/mol. The van der Waals surface area contributed by atoms with E-state index in [9.17, 15) is 22.8 Å². The Balaban J connectivity index is 2.34. The van der Waals surface area contributed by atoms with E-state index in [1.807, 2.05) is 0 Å². The first kappa shape index (κ1) is 14.1. The Morgan fingerprint density at radius 2 is 2.00 bits per heavy atom. The number of rotatable bonds is 3. The zero-order valence-corrected chi connectivity index (χ0v) is 10.4. The third-order valence-electron chi connectivity index (χ3n) is 2.82. The van der Waals surface area contributed by atoms with Crippen LogP contribution in [0.2, 0.25) is 0 Å². The molecule has 106 valence electrons. The Bertz CT molecular complexity index is 569. The summed E-state index contributed by atoms with van der Waals surface area (Å²) in [6.45, 7) is 3.46. The molecular formula is C13H11F3N2O2. The summed E-state index contributed by atoms with van der Waals surface area (Å²) in [6, 6.07) is 3.48. The SMILES string of the molecule is C=CCN1CC(=O)N(c2cccc(C(F)(F)F)c2)C1=O. The third-order valence-corrected chi connectivity index (χ3v) is 2.82. The Morgan fingerprint density at radius 1 is 1.30 bits per heavy atom. The Morgan fingerprint density at radius 3 is 2.60 bits per heavy atom. The van der Waals surface area contributed by atoms with Gasteiger partial charge in [-0.3, -0.25) is 4.79 Å². The van der Waals surface area contributed by atoms with Crippen molar-refractivity contribution in [2.24, 2.45) is 0 Å². The number of nitrogens with zero attached hydrogens (tertiary/aromatic N) is 2. The van der Waals surface area contributed by atoms with Gasteiger partial charge in [0.15, 0.2) is 0 Å². The Labute approximate surface area is 113 Å². The number of imide groups is 1. The fraction of sp³-hybridized carbons (Fsp3) is 0.231. The van der Waals surface area contributed by atoms with Gasteiger partial charge >= 0.3 is 12.2 Å². The Hall–Kier alpha value is -2.31. The van der Waals surface area contributed by atoms with Gasteiger partial charge in [-0.25, -0.2) is 9.69 Å². The minimum absolute atomic E-state index is 0.0820. The van der Waals surface area contributed by atoms with E-state index < -0.39 is 23.7 Å². The van der Waals surface area contributed by atoms with Crippen LogP contribution in [-0.4, -0.2) is 29.9 Å². The van der Waals surface area contributed by atoms with Gasteiger partial charge in [0.25, 0.3) is 5.91 Å². The van der Waals surface area contributed by atoms with Crippen molar-refractivity contribution in [3.63, 3.8) is 0 Å². The van der Waals surface area contributed by atoms with Crippen LogP contribution in [0, 0.1) is 0 Å². The summed E-state index contributed by atoms with van der Waals surface area (Å²) in [4.78, 5) is 25.7. The molecule has 2 rings (SSSR count). The maximum Gasteiger partial charge on any atom is 0.416 e. The van der Waals surface area contributed by atoms with Gasteiger partial charge in [-0.15, -0.1) is 6.58 Å². The molecule has 3 amide bonds. The van der Waals surface area contributed by atoms with Gasteiger partial charge in [0.2, 0.25) is 0 Å². The number of anilines is 1. The van der Waals surface area contributed by atoms with Crippen molar-refractivity contribution in [1.29, 1.82) is 0 Å². The molecule has 1 saturated heterocycles. The smallest absolute Gasteiger partial charge is 0.311 e. The molecule has 1 aliphatic heterocycles. The molecule has 0 saturated carbocycles. The maximum atomic E-state index is 12.6. The van der Waals surface area contributed by atoms with Crippen LogP contribution in [0.5, 0.6) is 0 Å². The van der Waals surface area contributed by atoms with Crippen LogP contribution < -0.4 is 4.90 Å². The summed E-state index contributed by atoms with van der Waals surface area (Å²) in [5, 5.41) is 0. The van der Waals surface area contributed by atoms with Crippen molar-refractivity contribution in [3.05, 3.63) is 42.5 Å². The van der Waals surface area contributed by atoms with Gasteiger partial charge in [-0.2, -0.15) is 13.2 Å². The van der Waals surface area contributed by atoms with Crippen molar-refractivity contribution in [1.82, 2.24) is 4.90 Å². The number of halogens is 3. The van der Waals surface area contributed by atoms with Gasteiger partial charge in [0.1, 0.15) is 6.54 Å². The molecule has 0 unspecified atom stereocenters. The summed E-state index contributed by atoms with van der Waals surface area (Å²) < 4.78 is 37.9. The summed E-state index contributed by atoms with van der Waals surface area (Å²) in [5.74, 6) is -0.559. The quantitative estimate of drug-likeness (QED) is 0.632.